The lowest BCUT2D eigenvalue weighted by molar-refractivity contribution is -0.384. The molecule has 1 aromatic carbocycles. The maximum atomic E-state index is 10.7. The fourth-order valence-electron chi connectivity index (χ4n) is 2.91. The average molecular weight is 476 g/mol. The lowest BCUT2D eigenvalue weighted by atomic mass is 9.96. The molecule has 0 saturated heterocycles. The minimum Gasteiger partial charge on any atom is -0.385 e. The van der Waals surface area contributed by atoms with E-state index in [9.17, 15) is 10.1 Å². The van der Waals surface area contributed by atoms with Gasteiger partial charge in [0.1, 0.15) is 0 Å². The summed E-state index contributed by atoms with van der Waals surface area (Å²) in [4.78, 5) is 15.0. The summed E-state index contributed by atoms with van der Waals surface area (Å²) in [7, 11) is 1.70. The van der Waals surface area contributed by atoms with Crippen LogP contribution in [0.4, 0.5) is 5.69 Å². The highest BCUT2D eigenvalue weighted by molar-refractivity contribution is 14.0. The number of rotatable bonds is 8. The monoisotopic (exact) mass is 476 g/mol. The van der Waals surface area contributed by atoms with Crippen LogP contribution in [0.1, 0.15) is 44.1 Å². The number of halogens is 1. The van der Waals surface area contributed by atoms with E-state index >= 15 is 0 Å². The Morgan fingerprint density at radius 3 is 2.58 bits per heavy atom. The fourth-order valence-corrected chi connectivity index (χ4v) is 2.91. The minimum atomic E-state index is -0.388. The first-order valence-electron chi connectivity index (χ1n) is 8.96. The Kier molecular flexibility index (Phi) is 11.2. The van der Waals surface area contributed by atoms with Gasteiger partial charge >= 0.3 is 0 Å². The topological polar surface area (TPSA) is 88.8 Å². The highest BCUT2D eigenvalue weighted by Gasteiger charge is 2.14. The quantitative estimate of drug-likeness (QED) is 0.150. The van der Waals surface area contributed by atoms with Crippen LogP contribution in [0, 0.1) is 10.1 Å². The SMILES string of the molecule is COCCCNC(=NCc1ccc([N+](=O)[O-])cc1)NC1CCCCC1.I. The van der Waals surface area contributed by atoms with Crippen molar-refractivity contribution in [3.05, 3.63) is 39.9 Å². The number of nitro benzene ring substituents is 1. The summed E-state index contributed by atoms with van der Waals surface area (Å²) in [6.07, 6.45) is 7.11. The van der Waals surface area contributed by atoms with E-state index in [-0.39, 0.29) is 34.6 Å². The Hall–Kier alpha value is -1.42. The van der Waals surface area contributed by atoms with Crippen LogP contribution in [0.3, 0.4) is 0 Å². The smallest absolute Gasteiger partial charge is 0.269 e. The Labute approximate surface area is 172 Å². The van der Waals surface area contributed by atoms with Gasteiger partial charge in [0.25, 0.3) is 5.69 Å². The van der Waals surface area contributed by atoms with Gasteiger partial charge in [0.15, 0.2) is 5.96 Å². The molecule has 0 unspecified atom stereocenters. The third-order valence-electron chi connectivity index (χ3n) is 4.33. The first kappa shape index (κ1) is 22.6. The standard InChI is InChI=1S/C18H28N4O3.HI/c1-25-13-5-12-19-18(21-16-6-3-2-4-7-16)20-14-15-8-10-17(11-9-15)22(23)24;/h8-11,16H,2-7,12-14H2,1H3,(H2,19,20,21);1H. The van der Waals surface area contributed by atoms with Gasteiger partial charge < -0.3 is 15.4 Å². The van der Waals surface area contributed by atoms with E-state index in [1.807, 2.05) is 0 Å². The first-order chi connectivity index (χ1) is 12.2. The molecule has 8 heteroatoms. The predicted octanol–water partition coefficient (Wildman–Crippen LogP) is 3.62. The van der Waals surface area contributed by atoms with E-state index in [1.165, 1.54) is 44.2 Å². The average Bonchev–Trinajstić information content (AvgIpc) is 2.64. The molecule has 2 N–H and O–H groups in total. The van der Waals surface area contributed by atoms with Gasteiger partial charge in [0.05, 0.1) is 11.5 Å². The summed E-state index contributed by atoms with van der Waals surface area (Å²) < 4.78 is 5.08. The molecule has 0 radical (unpaired) electrons. The number of nitrogens with zero attached hydrogens (tertiary/aromatic N) is 2. The van der Waals surface area contributed by atoms with Gasteiger partial charge in [-0.05, 0) is 24.8 Å². The predicted molar refractivity (Wildman–Crippen MR) is 114 cm³/mol. The molecular formula is C18H29IN4O3. The number of nitrogens with one attached hydrogen (secondary N) is 2. The van der Waals surface area contributed by atoms with Gasteiger partial charge in [-0.3, -0.25) is 10.1 Å². The van der Waals surface area contributed by atoms with Crippen molar-refractivity contribution >= 4 is 35.6 Å². The summed E-state index contributed by atoms with van der Waals surface area (Å²) >= 11 is 0. The van der Waals surface area contributed by atoms with Crippen LogP contribution in [0.2, 0.25) is 0 Å². The number of ether oxygens (including phenoxy) is 1. The van der Waals surface area contributed by atoms with Crippen molar-refractivity contribution in [2.75, 3.05) is 20.3 Å². The lowest BCUT2D eigenvalue weighted by Crippen LogP contribution is -2.44. The number of guanidine groups is 1. The zero-order chi connectivity index (χ0) is 17.9. The van der Waals surface area contributed by atoms with Crippen molar-refractivity contribution in [3.63, 3.8) is 0 Å². The van der Waals surface area contributed by atoms with E-state index in [0.717, 1.165) is 24.5 Å². The van der Waals surface area contributed by atoms with Crippen LogP contribution in [-0.4, -0.2) is 37.2 Å². The second-order valence-corrected chi connectivity index (χ2v) is 6.34. The number of non-ortho nitro benzene ring substituents is 1. The summed E-state index contributed by atoms with van der Waals surface area (Å²) in [6.45, 7) is 2.00. The summed E-state index contributed by atoms with van der Waals surface area (Å²) in [5.74, 6) is 0.807. The number of methoxy groups -OCH3 is 1. The van der Waals surface area contributed by atoms with Crippen molar-refractivity contribution < 1.29 is 9.66 Å². The Morgan fingerprint density at radius 1 is 1.27 bits per heavy atom. The van der Waals surface area contributed by atoms with E-state index in [4.69, 9.17) is 4.74 Å². The molecule has 1 aliphatic carbocycles. The first-order valence-corrected chi connectivity index (χ1v) is 8.96. The van der Waals surface area contributed by atoms with Crippen LogP contribution in [0.25, 0.3) is 0 Å². The molecule has 146 valence electrons. The summed E-state index contributed by atoms with van der Waals surface area (Å²) in [6, 6.07) is 7.02. The van der Waals surface area contributed by atoms with Gasteiger partial charge in [0.2, 0.25) is 0 Å². The van der Waals surface area contributed by atoms with E-state index in [2.05, 4.69) is 15.6 Å². The molecular weight excluding hydrogens is 447 g/mol. The largest absolute Gasteiger partial charge is 0.385 e. The molecule has 0 aromatic heterocycles. The number of aliphatic imine (C=N–C) groups is 1. The number of hydrogen-bond acceptors (Lipinski definition) is 4. The Morgan fingerprint density at radius 2 is 1.96 bits per heavy atom. The lowest BCUT2D eigenvalue weighted by Gasteiger charge is -2.25. The fraction of sp³-hybridized carbons (Fsp3) is 0.611. The zero-order valence-corrected chi connectivity index (χ0v) is 17.6. The van der Waals surface area contributed by atoms with Gasteiger partial charge in [-0.25, -0.2) is 4.99 Å². The molecule has 0 spiro atoms. The van der Waals surface area contributed by atoms with Crippen molar-refractivity contribution in [2.45, 2.75) is 51.1 Å². The van der Waals surface area contributed by atoms with E-state index in [1.54, 1.807) is 19.2 Å². The molecule has 0 bridgehead atoms. The van der Waals surface area contributed by atoms with Crippen LogP contribution >= 0.6 is 24.0 Å². The third kappa shape index (κ3) is 8.31. The zero-order valence-electron chi connectivity index (χ0n) is 15.3. The molecule has 1 fully saturated rings. The number of hydrogen-bond donors (Lipinski definition) is 2. The van der Waals surface area contributed by atoms with Gasteiger partial charge in [-0.1, -0.05) is 31.4 Å². The third-order valence-corrected chi connectivity index (χ3v) is 4.33. The molecule has 0 amide bonds. The second kappa shape index (κ2) is 12.9. The van der Waals surface area contributed by atoms with E-state index < -0.39 is 0 Å². The number of benzene rings is 1. The maximum Gasteiger partial charge on any atom is 0.269 e. The van der Waals surface area contributed by atoms with Crippen molar-refractivity contribution in [1.29, 1.82) is 0 Å². The highest BCUT2D eigenvalue weighted by Crippen LogP contribution is 2.17. The van der Waals surface area contributed by atoms with Crippen LogP contribution in [-0.2, 0) is 11.3 Å². The molecule has 1 aliphatic rings. The van der Waals surface area contributed by atoms with E-state index in [0.29, 0.717) is 19.2 Å². The van der Waals surface area contributed by atoms with Crippen molar-refractivity contribution in [3.8, 4) is 0 Å². The summed E-state index contributed by atoms with van der Waals surface area (Å²) in [5.41, 5.74) is 1.05. The molecule has 0 heterocycles. The van der Waals surface area contributed by atoms with Gasteiger partial charge in [-0.2, -0.15) is 0 Å². The molecule has 0 aliphatic heterocycles. The van der Waals surface area contributed by atoms with Crippen LogP contribution in [0.5, 0.6) is 0 Å². The van der Waals surface area contributed by atoms with Crippen molar-refractivity contribution in [1.82, 2.24) is 10.6 Å². The molecule has 7 nitrogen and oxygen atoms in total. The van der Waals surface area contributed by atoms with Crippen LogP contribution < -0.4 is 10.6 Å². The number of nitro groups is 1. The Balaban J connectivity index is 0.00000338. The molecule has 1 aromatic rings. The maximum absolute atomic E-state index is 10.7. The second-order valence-electron chi connectivity index (χ2n) is 6.34. The Bertz CT molecular complexity index is 560. The highest BCUT2D eigenvalue weighted by atomic mass is 127. The van der Waals surface area contributed by atoms with Gasteiger partial charge in [0, 0.05) is 38.4 Å². The normalized spacial score (nSPS) is 15.2. The molecule has 26 heavy (non-hydrogen) atoms. The molecule has 0 atom stereocenters. The molecule has 1 saturated carbocycles. The summed E-state index contributed by atoms with van der Waals surface area (Å²) in [5, 5.41) is 17.6. The minimum absolute atomic E-state index is 0. The molecule has 2 rings (SSSR count). The van der Waals surface area contributed by atoms with Crippen LogP contribution in [0.15, 0.2) is 29.3 Å². The van der Waals surface area contributed by atoms with Crippen molar-refractivity contribution in [2.24, 2.45) is 4.99 Å². The van der Waals surface area contributed by atoms with Gasteiger partial charge in [-0.15, -0.1) is 24.0 Å².